The molecule has 3 aromatic carbocycles. The number of phenolic OH excluding ortho intramolecular Hbond substituents is 1. The predicted octanol–water partition coefficient (Wildman–Crippen LogP) is 5.63. The van der Waals surface area contributed by atoms with Crippen LogP contribution in [-0.2, 0) is 19.2 Å². The number of para-hydroxylation sites is 1. The molecule has 0 bridgehead atoms. The van der Waals surface area contributed by atoms with E-state index >= 15 is 0 Å². The number of imide groups is 2. The molecule has 2 aliphatic carbocycles. The third kappa shape index (κ3) is 3.81. The van der Waals surface area contributed by atoms with E-state index in [9.17, 15) is 28.7 Å². The molecule has 2 saturated heterocycles. The molecule has 4 aliphatic rings. The number of ether oxygens (including phenoxy) is 1. The number of benzene rings is 3. The summed E-state index contributed by atoms with van der Waals surface area (Å²) in [7, 11) is 1.45. The highest BCUT2D eigenvalue weighted by molar-refractivity contribution is 6.32. The largest absolute Gasteiger partial charge is 0.508 e. The quantitative estimate of drug-likeness (QED) is 0.302. The van der Waals surface area contributed by atoms with E-state index < -0.39 is 52.6 Å². The zero-order valence-electron chi connectivity index (χ0n) is 23.9. The molecule has 0 aromatic heterocycles. The van der Waals surface area contributed by atoms with Crippen LogP contribution in [0.2, 0.25) is 5.02 Å². The molecule has 8 nitrogen and oxygen atoms in total. The summed E-state index contributed by atoms with van der Waals surface area (Å²) in [6, 6.07) is 17.1. The number of nitrogens with zero attached hydrogens (tertiary/aromatic N) is 2. The van der Waals surface area contributed by atoms with E-state index in [0.29, 0.717) is 23.4 Å². The van der Waals surface area contributed by atoms with Gasteiger partial charge in [-0.25, -0.2) is 9.29 Å². The number of allylic oxidation sites excluding steroid dienone is 2. The molecule has 0 unspecified atom stereocenters. The Morgan fingerprint density at radius 3 is 2.36 bits per heavy atom. The molecule has 1 saturated carbocycles. The van der Waals surface area contributed by atoms with Crippen molar-refractivity contribution in [3.63, 3.8) is 0 Å². The first kappa shape index (κ1) is 28.3. The second-order valence-corrected chi connectivity index (χ2v) is 12.4. The summed E-state index contributed by atoms with van der Waals surface area (Å²) in [4.78, 5) is 58.8. The van der Waals surface area contributed by atoms with E-state index in [1.807, 2.05) is 12.1 Å². The van der Waals surface area contributed by atoms with Gasteiger partial charge in [0.25, 0.3) is 0 Å². The summed E-state index contributed by atoms with van der Waals surface area (Å²) in [6.07, 6.45) is 2.40. The predicted molar refractivity (Wildman–Crippen MR) is 160 cm³/mol. The molecular formula is C34H28ClFN2O6. The lowest BCUT2D eigenvalue weighted by atomic mass is 9.51. The zero-order valence-corrected chi connectivity index (χ0v) is 24.6. The molecule has 2 aliphatic heterocycles. The number of amides is 4. The van der Waals surface area contributed by atoms with Gasteiger partial charge in [0.2, 0.25) is 23.6 Å². The number of carbonyl (C=O) groups is 4. The van der Waals surface area contributed by atoms with Gasteiger partial charge in [-0.3, -0.25) is 24.1 Å². The molecule has 0 radical (unpaired) electrons. The van der Waals surface area contributed by atoms with Gasteiger partial charge in [-0.05, 0) is 62.1 Å². The standard InChI is InChI=1S/C34H28ClFN2O6/c1-34-24(31(41)38(33(34)43)18-8-13-26(36)25(35)14-18)16-23-20(29(34)21-10-9-19(39)15-27(21)44-2)11-12-22-28(23)32(42)37(30(22)40)17-6-4-3-5-7-17/h3-11,13-15,22-24,28-29,39H,12,16H2,1-2H3/t22-,23+,24-,28-,29+,34+/m0/s1. The van der Waals surface area contributed by atoms with Gasteiger partial charge in [-0.2, -0.15) is 0 Å². The fourth-order valence-corrected chi connectivity index (χ4v) is 8.17. The summed E-state index contributed by atoms with van der Waals surface area (Å²) in [6.45, 7) is 1.74. The molecule has 6 atom stereocenters. The first-order valence-electron chi connectivity index (χ1n) is 14.4. The molecule has 2 heterocycles. The van der Waals surface area contributed by atoms with Gasteiger partial charge in [0, 0.05) is 17.5 Å². The Bertz CT molecular complexity index is 1790. The number of carbonyl (C=O) groups excluding carboxylic acids is 4. The molecule has 4 amide bonds. The molecule has 1 N–H and O–H groups in total. The molecule has 3 aromatic rings. The van der Waals surface area contributed by atoms with Crippen molar-refractivity contribution in [2.75, 3.05) is 16.9 Å². The second kappa shape index (κ2) is 10.0. The van der Waals surface area contributed by atoms with Crippen molar-refractivity contribution in [2.24, 2.45) is 29.1 Å². The third-order valence-electron chi connectivity index (χ3n) is 9.98. The van der Waals surface area contributed by atoms with Crippen molar-refractivity contribution < 1.29 is 33.4 Å². The lowest BCUT2D eigenvalue weighted by molar-refractivity contribution is -0.131. The van der Waals surface area contributed by atoms with Gasteiger partial charge in [0.05, 0.1) is 46.7 Å². The Kier molecular flexibility index (Phi) is 6.44. The van der Waals surface area contributed by atoms with E-state index in [4.69, 9.17) is 16.3 Å². The van der Waals surface area contributed by atoms with Crippen molar-refractivity contribution in [1.29, 1.82) is 0 Å². The number of hydrogen-bond donors (Lipinski definition) is 1. The highest BCUT2D eigenvalue weighted by Crippen LogP contribution is 2.64. The number of aromatic hydroxyl groups is 1. The zero-order chi connectivity index (χ0) is 31.1. The van der Waals surface area contributed by atoms with E-state index in [1.165, 1.54) is 36.3 Å². The molecule has 0 spiro atoms. The first-order chi connectivity index (χ1) is 21.1. The number of fused-ring (bicyclic) bond motifs is 4. The van der Waals surface area contributed by atoms with E-state index in [1.54, 1.807) is 37.3 Å². The summed E-state index contributed by atoms with van der Waals surface area (Å²) < 4.78 is 19.7. The second-order valence-electron chi connectivity index (χ2n) is 12.0. The Labute approximate surface area is 257 Å². The van der Waals surface area contributed by atoms with Crippen LogP contribution in [0, 0.1) is 34.9 Å². The highest BCUT2D eigenvalue weighted by Gasteiger charge is 2.68. The van der Waals surface area contributed by atoms with Gasteiger partial charge < -0.3 is 9.84 Å². The minimum atomic E-state index is -1.33. The van der Waals surface area contributed by atoms with Gasteiger partial charge in [-0.15, -0.1) is 0 Å². The van der Waals surface area contributed by atoms with Crippen molar-refractivity contribution in [3.05, 3.63) is 94.8 Å². The number of rotatable bonds is 4. The van der Waals surface area contributed by atoms with Gasteiger partial charge in [0.1, 0.15) is 17.3 Å². The van der Waals surface area contributed by atoms with Crippen LogP contribution in [0.1, 0.15) is 31.2 Å². The maximum atomic E-state index is 14.5. The van der Waals surface area contributed by atoms with Crippen LogP contribution in [0.25, 0.3) is 0 Å². The Morgan fingerprint density at radius 1 is 0.909 bits per heavy atom. The van der Waals surface area contributed by atoms with Gasteiger partial charge in [-0.1, -0.05) is 47.5 Å². The maximum absolute atomic E-state index is 14.5. The molecule has 44 heavy (non-hydrogen) atoms. The normalized spacial score (nSPS) is 29.4. The number of anilines is 2. The smallest absolute Gasteiger partial charge is 0.241 e. The number of methoxy groups -OCH3 is 1. The molecule has 224 valence electrons. The number of hydrogen-bond acceptors (Lipinski definition) is 6. The third-order valence-corrected chi connectivity index (χ3v) is 10.3. The van der Waals surface area contributed by atoms with Crippen LogP contribution in [0.15, 0.2) is 78.4 Å². The minimum absolute atomic E-state index is 0.0381. The number of halogens is 2. The van der Waals surface area contributed by atoms with Crippen molar-refractivity contribution in [1.82, 2.24) is 0 Å². The maximum Gasteiger partial charge on any atom is 0.241 e. The topological polar surface area (TPSA) is 104 Å². The molecule has 10 heteroatoms. The Morgan fingerprint density at radius 2 is 1.66 bits per heavy atom. The van der Waals surface area contributed by atoms with Crippen molar-refractivity contribution in [2.45, 2.75) is 25.7 Å². The van der Waals surface area contributed by atoms with Gasteiger partial charge in [0.15, 0.2) is 0 Å². The van der Waals surface area contributed by atoms with Crippen LogP contribution in [0.4, 0.5) is 15.8 Å². The monoisotopic (exact) mass is 614 g/mol. The van der Waals surface area contributed by atoms with E-state index in [-0.39, 0.29) is 34.7 Å². The fraction of sp³-hybridized carbons (Fsp3) is 0.294. The van der Waals surface area contributed by atoms with Gasteiger partial charge >= 0.3 is 0 Å². The fourth-order valence-electron chi connectivity index (χ4n) is 8.00. The SMILES string of the molecule is COc1cc(O)ccc1[C@H]1C2=CC[C@@H]3C(=O)N(c4ccccc4)C(=O)[C@@H]3[C@@H]2C[C@H]2C(=O)N(c3ccc(F)c(Cl)c3)C(=O)[C@@]12C. The van der Waals surface area contributed by atoms with E-state index in [0.717, 1.165) is 16.5 Å². The molecular weight excluding hydrogens is 587 g/mol. The minimum Gasteiger partial charge on any atom is -0.508 e. The number of phenols is 1. The Hall–Kier alpha value is -4.50. The van der Waals surface area contributed by atoms with Crippen LogP contribution in [0.5, 0.6) is 11.5 Å². The highest BCUT2D eigenvalue weighted by atomic mass is 35.5. The molecule has 3 fully saturated rings. The van der Waals surface area contributed by atoms with Crippen LogP contribution >= 0.6 is 11.6 Å². The lowest BCUT2D eigenvalue weighted by Gasteiger charge is -2.49. The van der Waals surface area contributed by atoms with Crippen LogP contribution in [0.3, 0.4) is 0 Å². The first-order valence-corrected chi connectivity index (χ1v) is 14.8. The average Bonchev–Trinajstić information content (AvgIpc) is 3.38. The summed E-state index contributed by atoms with van der Waals surface area (Å²) in [5, 5.41) is 10.0. The Balaban J connectivity index is 1.39. The summed E-state index contributed by atoms with van der Waals surface area (Å²) in [5.41, 5.74) is 0.662. The lowest BCUT2D eigenvalue weighted by Crippen LogP contribution is -2.49. The van der Waals surface area contributed by atoms with Crippen molar-refractivity contribution >= 4 is 46.6 Å². The summed E-state index contributed by atoms with van der Waals surface area (Å²) in [5.74, 6) is -5.45. The van der Waals surface area contributed by atoms with E-state index in [2.05, 4.69) is 0 Å². The van der Waals surface area contributed by atoms with Crippen molar-refractivity contribution in [3.8, 4) is 11.5 Å². The summed E-state index contributed by atoms with van der Waals surface area (Å²) >= 11 is 6.06. The average molecular weight is 615 g/mol. The van der Waals surface area contributed by atoms with Crippen LogP contribution < -0.4 is 14.5 Å². The molecule has 7 rings (SSSR count). The van der Waals surface area contributed by atoms with Crippen LogP contribution in [-0.4, -0.2) is 35.8 Å².